The maximum Gasteiger partial charge on any atom is 0.229 e. The summed E-state index contributed by atoms with van der Waals surface area (Å²) in [6.07, 6.45) is 4.93. The molecular weight excluding hydrogens is 334 g/mol. The monoisotopic (exact) mass is 361 g/mol. The third-order valence-corrected chi connectivity index (χ3v) is 5.68. The normalized spacial score (nSPS) is 26.2. The third kappa shape index (κ3) is 4.14. The molecule has 0 aliphatic carbocycles. The van der Waals surface area contributed by atoms with Gasteiger partial charge in [0.1, 0.15) is 6.29 Å². The van der Waals surface area contributed by atoms with E-state index in [9.17, 15) is 9.59 Å². The first-order valence-electron chi connectivity index (χ1n) is 8.99. The SMILES string of the molecule is C=CC[C@@]1(C)C[C@H](c2cccc(Cl)c2)CN([C@@H](CC)[C@H](C)C=O)C1=O. The van der Waals surface area contributed by atoms with Gasteiger partial charge < -0.3 is 9.69 Å². The van der Waals surface area contributed by atoms with Crippen molar-refractivity contribution < 1.29 is 9.59 Å². The smallest absolute Gasteiger partial charge is 0.229 e. The van der Waals surface area contributed by atoms with Crippen molar-refractivity contribution in [1.29, 1.82) is 0 Å². The molecule has 25 heavy (non-hydrogen) atoms. The Morgan fingerprint density at radius 3 is 2.76 bits per heavy atom. The summed E-state index contributed by atoms with van der Waals surface area (Å²) in [7, 11) is 0. The number of benzene rings is 1. The van der Waals surface area contributed by atoms with E-state index in [1.54, 1.807) is 0 Å². The molecule has 0 N–H and O–H groups in total. The quantitative estimate of drug-likeness (QED) is 0.514. The van der Waals surface area contributed by atoms with Crippen molar-refractivity contribution >= 4 is 23.8 Å². The van der Waals surface area contributed by atoms with Gasteiger partial charge in [0.15, 0.2) is 0 Å². The molecular formula is C21H28ClNO2. The Kier molecular flexibility index (Phi) is 6.45. The predicted octanol–water partition coefficient (Wildman–Crippen LogP) is 4.85. The van der Waals surface area contributed by atoms with Crippen molar-refractivity contribution in [1.82, 2.24) is 4.90 Å². The molecule has 1 fully saturated rings. The minimum atomic E-state index is -0.497. The highest BCUT2D eigenvalue weighted by Gasteiger charge is 2.45. The molecule has 2 rings (SSSR count). The van der Waals surface area contributed by atoms with E-state index in [2.05, 4.69) is 12.6 Å². The van der Waals surface area contributed by atoms with Crippen LogP contribution in [0, 0.1) is 11.3 Å². The number of piperidine rings is 1. The lowest BCUT2D eigenvalue weighted by Gasteiger charge is -2.47. The summed E-state index contributed by atoms with van der Waals surface area (Å²) in [5.41, 5.74) is 0.650. The minimum absolute atomic E-state index is 0.0730. The molecule has 4 atom stereocenters. The average molecular weight is 362 g/mol. The molecule has 1 heterocycles. The van der Waals surface area contributed by atoms with Crippen molar-refractivity contribution in [3.05, 3.63) is 47.5 Å². The zero-order valence-corrected chi connectivity index (χ0v) is 16.1. The number of carbonyl (C=O) groups excluding carboxylic acids is 2. The number of rotatable bonds is 7. The summed E-state index contributed by atoms with van der Waals surface area (Å²) in [6, 6.07) is 7.80. The van der Waals surface area contributed by atoms with Gasteiger partial charge in [-0.3, -0.25) is 4.79 Å². The Hall–Kier alpha value is -1.61. The Balaban J connectivity index is 2.42. The number of aldehydes is 1. The summed E-state index contributed by atoms with van der Waals surface area (Å²) in [4.78, 5) is 26.5. The van der Waals surface area contributed by atoms with E-state index in [0.717, 1.165) is 24.7 Å². The molecule has 3 nitrogen and oxygen atoms in total. The first-order chi connectivity index (χ1) is 11.9. The fraction of sp³-hybridized carbons (Fsp3) is 0.524. The molecule has 136 valence electrons. The van der Waals surface area contributed by atoms with Gasteiger partial charge in [0.05, 0.1) is 5.41 Å². The van der Waals surface area contributed by atoms with Crippen LogP contribution in [-0.4, -0.2) is 29.7 Å². The maximum atomic E-state index is 13.2. The molecule has 0 aromatic heterocycles. The van der Waals surface area contributed by atoms with E-state index in [4.69, 9.17) is 11.6 Å². The Labute approximate surface area is 156 Å². The number of halogens is 1. The Bertz CT molecular complexity index is 645. The number of amides is 1. The zero-order valence-electron chi connectivity index (χ0n) is 15.4. The van der Waals surface area contributed by atoms with Crippen LogP contribution in [0.25, 0.3) is 0 Å². The van der Waals surface area contributed by atoms with Crippen molar-refractivity contribution in [3.63, 3.8) is 0 Å². The van der Waals surface area contributed by atoms with Gasteiger partial charge in [0.25, 0.3) is 0 Å². The molecule has 1 amide bonds. The Morgan fingerprint density at radius 2 is 2.20 bits per heavy atom. The van der Waals surface area contributed by atoms with Gasteiger partial charge in [-0.15, -0.1) is 6.58 Å². The molecule has 1 aromatic carbocycles. The largest absolute Gasteiger partial charge is 0.338 e. The summed E-state index contributed by atoms with van der Waals surface area (Å²) in [5, 5.41) is 0.708. The highest BCUT2D eigenvalue weighted by Crippen LogP contribution is 2.43. The van der Waals surface area contributed by atoms with Gasteiger partial charge in [-0.25, -0.2) is 0 Å². The molecule has 0 saturated carbocycles. The molecule has 1 aromatic rings. The average Bonchev–Trinajstić information content (AvgIpc) is 2.59. The van der Waals surface area contributed by atoms with Crippen molar-refractivity contribution in [2.24, 2.45) is 11.3 Å². The van der Waals surface area contributed by atoms with Gasteiger partial charge in [-0.2, -0.15) is 0 Å². The van der Waals surface area contributed by atoms with E-state index in [1.165, 1.54) is 0 Å². The number of hydrogen-bond acceptors (Lipinski definition) is 2. The van der Waals surface area contributed by atoms with Crippen LogP contribution in [0.1, 0.15) is 51.5 Å². The van der Waals surface area contributed by atoms with Crippen LogP contribution in [0.15, 0.2) is 36.9 Å². The lowest BCUT2D eigenvalue weighted by Crippen LogP contribution is -2.55. The Morgan fingerprint density at radius 1 is 1.48 bits per heavy atom. The zero-order chi connectivity index (χ0) is 18.6. The molecule has 0 unspecified atom stereocenters. The van der Waals surface area contributed by atoms with Gasteiger partial charge in [0, 0.05) is 29.4 Å². The van der Waals surface area contributed by atoms with E-state index in [0.29, 0.717) is 18.0 Å². The first-order valence-corrected chi connectivity index (χ1v) is 9.36. The number of allylic oxidation sites excluding steroid dienone is 1. The molecule has 0 radical (unpaired) electrons. The minimum Gasteiger partial charge on any atom is -0.338 e. The topological polar surface area (TPSA) is 37.4 Å². The third-order valence-electron chi connectivity index (χ3n) is 5.45. The van der Waals surface area contributed by atoms with Gasteiger partial charge in [0.2, 0.25) is 5.91 Å². The van der Waals surface area contributed by atoms with Crippen LogP contribution >= 0.6 is 11.6 Å². The molecule has 1 aliphatic heterocycles. The van der Waals surface area contributed by atoms with Crippen molar-refractivity contribution in [2.45, 2.75) is 52.0 Å². The second-order valence-corrected chi connectivity index (χ2v) is 7.87. The number of nitrogens with zero attached hydrogens (tertiary/aromatic N) is 1. The van der Waals surface area contributed by atoms with Crippen LogP contribution in [-0.2, 0) is 9.59 Å². The van der Waals surface area contributed by atoms with Crippen LogP contribution in [0.2, 0.25) is 5.02 Å². The fourth-order valence-corrected chi connectivity index (χ4v) is 4.29. The lowest BCUT2D eigenvalue weighted by atomic mass is 9.71. The summed E-state index contributed by atoms with van der Waals surface area (Å²) < 4.78 is 0. The molecule has 0 spiro atoms. The molecule has 4 heteroatoms. The number of carbonyl (C=O) groups is 2. The van der Waals surface area contributed by atoms with Crippen molar-refractivity contribution in [3.8, 4) is 0 Å². The van der Waals surface area contributed by atoms with Gasteiger partial charge >= 0.3 is 0 Å². The van der Waals surface area contributed by atoms with Gasteiger partial charge in [-0.1, -0.05) is 50.6 Å². The van der Waals surface area contributed by atoms with Crippen LogP contribution in [0.4, 0.5) is 0 Å². The number of hydrogen-bond donors (Lipinski definition) is 0. The van der Waals surface area contributed by atoms with E-state index in [-0.39, 0.29) is 23.8 Å². The van der Waals surface area contributed by atoms with E-state index in [1.807, 2.05) is 49.9 Å². The lowest BCUT2D eigenvalue weighted by molar-refractivity contribution is -0.150. The maximum absolute atomic E-state index is 13.2. The fourth-order valence-electron chi connectivity index (χ4n) is 4.09. The van der Waals surface area contributed by atoms with E-state index < -0.39 is 5.41 Å². The van der Waals surface area contributed by atoms with Crippen molar-refractivity contribution in [2.75, 3.05) is 6.54 Å². The highest BCUT2D eigenvalue weighted by molar-refractivity contribution is 6.30. The molecule has 1 aliphatic rings. The number of likely N-dealkylation sites (tertiary alicyclic amines) is 1. The standard InChI is InChI=1S/C21H28ClNO2/c1-5-10-21(4)12-17(16-8-7-9-18(22)11-16)13-23(20(21)25)19(6-2)15(3)14-24/h5,7-9,11,14-15,17,19H,1,6,10,12-13H2,2-4H3/t15-,17+,19+,21+/m1/s1. The second-order valence-electron chi connectivity index (χ2n) is 7.44. The predicted molar refractivity (Wildman–Crippen MR) is 103 cm³/mol. The van der Waals surface area contributed by atoms with Crippen LogP contribution in [0.3, 0.4) is 0 Å². The summed E-state index contributed by atoms with van der Waals surface area (Å²) in [5.74, 6) is 0.153. The molecule has 1 saturated heterocycles. The summed E-state index contributed by atoms with van der Waals surface area (Å²) >= 11 is 6.18. The second kappa shape index (κ2) is 8.18. The van der Waals surface area contributed by atoms with Crippen LogP contribution < -0.4 is 0 Å². The highest BCUT2D eigenvalue weighted by atomic mass is 35.5. The first kappa shape index (κ1) is 19.7. The molecule has 0 bridgehead atoms. The summed E-state index contributed by atoms with van der Waals surface area (Å²) in [6.45, 7) is 10.4. The van der Waals surface area contributed by atoms with Gasteiger partial charge in [-0.05, 0) is 37.0 Å². The van der Waals surface area contributed by atoms with E-state index >= 15 is 0 Å². The van der Waals surface area contributed by atoms with Crippen LogP contribution in [0.5, 0.6) is 0 Å².